The SMILES string of the molecule is CC(C)(C)c1ccnc(-n2c3[c-]c(Oc4[c-]c(-n5[c-][n+](-c6ccc(C(C)(C)c7ccccc7)cc6)cc5)cc(C(C)(C)c5ccccc5)c4)ccc3c3ccccc32)c1.[Pt]. The molecule has 9 aromatic rings. The van der Waals surface area contributed by atoms with Crippen LogP contribution in [0.15, 0.2) is 164 Å². The van der Waals surface area contributed by atoms with Gasteiger partial charge in [-0.05, 0) is 74.5 Å². The topological polar surface area (TPSA) is 35.9 Å². The van der Waals surface area contributed by atoms with Crippen LogP contribution in [0.5, 0.6) is 11.5 Å². The fourth-order valence-corrected chi connectivity index (χ4v) is 8.05. The molecule has 302 valence electrons. The zero-order valence-electron chi connectivity index (χ0n) is 35.1. The number of para-hydroxylation sites is 1. The molecule has 3 heterocycles. The van der Waals surface area contributed by atoms with Crippen molar-refractivity contribution in [2.45, 2.75) is 64.7 Å². The van der Waals surface area contributed by atoms with E-state index in [-0.39, 0.29) is 37.3 Å². The Morgan fingerprint density at radius 2 is 1.20 bits per heavy atom. The van der Waals surface area contributed by atoms with Crippen molar-refractivity contribution in [3.05, 3.63) is 210 Å². The number of hydrogen-bond donors (Lipinski definition) is 0. The normalized spacial score (nSPS) is 12.1. The summed E-state index contributed by atoms with van der Waals surface area (Å²) in [7, 11) is 0. The minimum Gasteiger partial charge on any atom is -0.510 e. The predicted molar refractivity (Wildman–Crippen MR) is 238 cm³/mol. The summed E-state index contributed by atoms with van der Waals surface area (Å²) in [6.45, 7) is 15.7. The van der Waals surface area contributed by atoms with Crippen LogP contribution in [-0.2, 0) is 37.3 Å². The Kier molecular flexibility index (Phi) is 10.8. The largest absolute Gasteiger partial charge is 0.510 e. The molecule has 9 rings (SSSR count). The van der Waals surface area contributed by atoms with Crippen molar-refractivity contribution < 1.29 is 30.4 Å². The third kappa shape index (κ3) is 7.64. The molecule has 0 aliphatic heterocycles. The number of nitrogens with zero attached hydrogens (tertiary/aromatic N) is 4. The van der Waals surface area contributed by atoms with Crippen LogP contribution in [0.3, 0.4) is 0 Å². The zero-order chi connectivity index (χ0) is 40.9. The summed E-state index contributed by atoms with van der Waals surface area (Å²) in [6.07, 6.45) is 9.50. The Balaban J connectivity index is 0.00000499. The van der Waals surface area contributed by atoms with E-state index < -0.39 is 0 Å². The molecule has 0 bridgehead atoms. The van der Waals surface area contributed by atoms with Gasteiger partial charge in [0.2, 0.25) is 0 Å². The molecule has 0 saturated heterocycles. The monoisotopic (exact) mass is 963 g/mol. The van der Waals surface area contributed by atoms with Gasteiger partial charge in [0.15, 0.2) is 0 Å². The molecule has 3 aromatic heterocycles. The molecule has 0 aliphatic rings. The summed E-state index contributed by atoms with van der Waals surface area (Å²) in [5.74, 6) is 2.03. The molecule has 0 spiro atoms. The Bertz CT molecular complexity index is 2940. The van der Waals surface area contributed by atoms with Gasteiger partial charge in [0.25, 0.3) is 6.33 Å². The van der Waals surface area contributed by atoms with E-state index in [1.54, 1.807) is 0 Å². The van der Waals surface area contributed by atoms with Gasteiger partial charge in [0, 0.05) is 62.1 Å². The third-order valence-corrected chi connectivity index (χ3v) is 11.9. The molecule has 0 N–H and O–H groups in total. The summed E-state index contributed by atoms with van der Waals surface area (Å²) in [6, 6.07) is 58.4. The number of imidazole rings is 1. The maximum Gasteiger partial charge on any atom is 0.267 e. The number of hydrogen-bond acceptors (Lipinski definition) is 2. The average Bonchev–Trinajstić information content (AvgIpc) is 3.88. The Labute approximate surface area is 368 Å². The van der Waals surface area contributed by atoms with Crippen molar-refractivity contribution in [1.82, 2.24) is 14.1 Å². The van der Waals surface area contributed by atoms with E-state index in [1.165, 1.54) is 22.3 Å². The second-order valence-corrected chi connectivity index (χ2v) is 17.5. The van der Waals surface area contributed by atoms with Gasteiger partial charge in [-0.25, -0.2) is 4.98 Å². The summed E-state index contributed by atoms with van der Waals surface area (Å²) < 4.78 is 13.0. The Morgan fingerprint density at radius 3 is 1.88 bits per heavy atom. The van der Waals surface area contributed by atoms with Crippen LogP contribution in [0.4, 0.5) is 0 Å². The van der Waals surface area contributed by atoms with Crippen molar-refractivity contribution in [3.8, 4) is 28.7 Å². The number of fused-ring (bicyclic) bond motifs is 3. The maximum absolute atomic E-state index is 6.78. The van der Waals surface area contributed by atoms with Crippen LogP contribution in [0.1, 0.15) is 76.3 Å². The second-order valence-electron chi connectivity index (χ2n) is 17.5. The Hall–Kier alpha value is -6.03. The van der Waals surface area contributed by atoms with E-state index in [1.807, 2.05) is 33.8 Å². The fraction of sp³-hybridized carbons (Fsp3) is 0.185. The van der Waals surface area contributed by atoms with Gasteiger partial charge in [-0.15, -0.1) is 35.2 Å². The zero-order valence-corrected chi connectivity index (χ0v) is 37.4. The van der Waals surface area contributed by atoms with E-state index in [0.717, 1.165) is 44.6 Å². The van der Waals surface area contributed by atoms with Gasteiger partial charge in [-0.2, -0.15) is 12.1 Å². The number of pyridine rings is 1. The first kappa shape index (κ1) is 40.7. The molecule has 0 saturated carbocycles. The van der Waals surface area contributed by atoms with Gasteiger partial charge >= 0.3 is 0 Å². The number of rotatable bonds is 9. The molecule has 5 nitrogen and oxygen atoms in total. The molecule has 0 unspecified atom stereocenters. The second kappa shape index (κ2) is 15.9. The quantitative estimate of drug-likeness (QED) is 0.107. The first-order valence-electron chi connectivity index (χ1n) is 20.3. The van der Waals surface area contributed by atoms with E-state index in [2.05, 4.69) is 211 Å². The van der Waals surface area contributed by atoms with Gasteiger partial charge in [-0.3, -0.25) is 4.57 Å². The van der Waals surface area contributed by atoms with Crippen LogP contribution in [0.25, 0.3) is 39.0 Å². The smallest absolute Gasteiger partial charge is 0.267 e. The van der Waals surface area contributed by atoms with Crippen LogP contribution in [0, 0.1) is 18.5 Å². The first-order chi connectivity index (χ1) is 28.4. The predicted octanol–water partition coefficient (Wildman–Crippen LogP) is 12.4. The van der Waals surface area contributed by atoms with E-state index >= 15 is 0 Å². The standard InChI is InChI=1S/C54H48N4O.Pt/c1-52(2,3)41-28-29-55-51(34-41)58-49-21-15-14-20-47(49)48-27-26-45(36-50(48)58)59-46-33-42(54(6,7)39-18-12-9-13-19-39)32-44(35-46)57-31-30-56(37-57)43-24-22-40(23-25-43)53(4,5)38-16-10-8-11-17-38;/h8-34H,1-7H3;/q-2;. The van der Waals surface area contributed by atoms with Crippen molar-refractivity contribution in [2.75, 3.05) is 0 Å². The number of ether oxygens (including phenoxy) is 1. The van der Waals surface area contributed by atoms with Crippen molar-refractivity contribution >= 4 is 21.8 Å². The molecular formula is C54H48N4OPt-2. The summed E-state index contributed by atoms with van der Waals surface area (Å²) in [5.41, 5.74) is 9.38. The Morgan fingerprint density at radius 1 is 0.567 bits per heavy atom. The van der Waals surface area contributed by atoms with Crippen molar-refractivity contribution in [3.63, 3.8) is 0 Å². The van der Waals surface area contributed by atoms with Gasteiger partial charge in [-0.1, -0.05) is 145 Å². The minimum atomic E-state index is -0.336. The van der Waals surface area contributed by atoms with Crippen molar-refractivity contribution in [2.24, 2.45) is 0 Å². The average molecular weight is 964 g/mol. The molecule has 6 heteroatoms. The van der Waals surface area contributed by atoms with Gasteiger partial charge in [0.1, 0.15) is 5.82 Å². The summed E-state index contributed by atoms with van der Waals surface area (Å²) in [4.78, 5) is 4.86. The molecule has 60 heavy (non-hydrogen) atoms. The van der Waals surface area contributed by atoms with E-state index in [4.69, 9.17) is 9.72 Å². The molecular weight excluding hydrogens is 916 g/mol. The molecule has 0 fully saturated rings. The van der Waals surface area contributed by atoms with Gasteiger partial charge < -0.3 is 13.9 Å². The van der Waals surface area contributed by atoms with E-state index in [0.29, 0.717) is 11.5 Å². The molecule has 6 aromatic carbocycles. The number of aromatic nitrogens is 4. The molecule has 0 radical (unpaired) electrons. The molecule has 0 atom stereocenters. The van der Waals surface area contributed by atoms with Crippen molar-refractivity contribution in [1.29, 1.82) is 0 Å². The van der Waals surface area contributed by atoms with Crippen LogP contribution < -0.4 is 9.30 Å². The first-order valence-corrected chi connectivity index (χ1v) is 20.3. The summed E-state index contributed by atoms with van der Waals surface area (Å²) in [5, 5.41) is 2.22. The van der Waals surface area contributed by atoms with Crippen LogP contribution >= 0.6 is 0 Å². The molecule has 0 aliphatic carbocycles. The number of benzene rings is 6. The van der Waals surface area contributed by atoms with Crippen LogP contribution in [0.2, 0.25) is 0 Å². The maximum atomic E-state index is 6.78. The minimum absolute atomic E-state index is 0. The summed E-state index contributed by atoms with van der Waals surface area (Å²) >= 11 is 0. The third-order valence-electron chi connectivity index (χ3n) is 11.9. The van der Waals surface area contributed by atoms with E-state index in [9.17, 15) is 0 Å². The van der Waals surface area contributed by atoms with Gasteiger partial charge in [0.05, 0.1) is 5.69 Å². The molecule has 0 amide bonds. The fourth-order valence-electron chi connectivity index (χ4n) is 8.05. The van der Waals surface area contributed by atoms with Crippen LogP contribution in [-0.4, -0.2) is 14.1 Å².